The van der Waals surface area contributed by atoms with Crippen LogP contribution in [0.4, 0.5) is 5.69 Å². The predicted octanol–water partition coefficient (Wildman–Crippen LogP) is 2.29. The van der Waals surface area contributed by atoms with Gasteiger partial charge in [-0.1, -0.05) is 17.7 Å². The molecule has 0 bridgehead atoms. The Hall–Kier alpha value is -0.730. The maximum Gasteiger partial charge on any atom is 0.0682 e. The summed E-state index contributed by atoms with van der Waals surface area (Å²) in [7, 11) is 1.99. The number of rotatable bonds is 3. The van der Waals surface area contributed by atoms with E-state index in [0.29, 0.717) is 5.02 Å². The molecule has 0 spiro atoms. The lowest BCUT2D eigenvalue weighted by Gasteiger charge is -2.18. The van der Waals surface area contributed by atoms with E-state index in [1.54, 1.807) is 6.07 Å². The summed E-state index contributed by atoms with van der Waals surface area (Å²) < 4.78 is 0. The number of halogens is 1. The van der Waals surface area contributed by atoms with Crippen molar-refractivity contribution in [2.24, 2.45) is 0 Å². The minimum atomic E-state index is 0.0375. The molecular formula is C10H14ClNO. The van der Waals surface area contributed by atoms with Gasteiger partial charge in [0.2, 0.25) is 0 Å². The van der Waals surface area contributed by atoms with E-state index in [1.807, 2.05) is 19.2 Å². The summed E-state index contributed by atoms with van der Waals surface area (Å²) in [6.07, 6.45) is 0. The second-order valence-corrected chi connectivity index (χ2v) is 3.37. The van der Waals surface area contributed by atoms with E-state index in [1.165, 1.54) is 0 Å². The van der Waals surface area contributed by atoms with E-state index in [-0.39, 0.29) is 6.61 Å². The van der Waals surface area contributed by atoms with Gasteiger partial charge in [-0.15, -0.1) is 0 Å². The zero-order valence-corrected chi connectivity index (χ0v) is 8.67. The molecule has 0 aromatic heterocycles. The average molecular weight is 200 g/mol. The molecule has 0 unspecified atom stereocenters. The minimum Gasteiger partial charge on any atom is -0.392 e. The molecule has 72 valence electrons. The monoisotopic (exact) mass is 199 g/mol. The molecule has 1 aromatic rings. The Balaban J connectivity index is 2.98. The van der Waals surface area contributed by atoms with Crippen molar-refractivity contribution in [1.82, 2.24) is 0 Å². The third-order valence-corrected chi connectivity index (χ3v) is 2.38. The summed E-state index contributed by atoms with van der Waals surface area (Å²) in [5.41, 5.74) is 1.85. The van der Waals surface area contributed by atoms with E-state index in [0.717, 1.165) is 17.8 Å². The van der Waals surface area contributed by atoms with Crippen molar-refractivity contribution in [1.29, 1.82) is 0 Å². The van der Waals surface area contributed by atoms with Crippen molar-refractivity contribution in [3.8, 4) is 0 Å². The lowest BCUT2D eigenvalue weighted by molar-refractivity contribution is 0.282. The first-order valence-electron chi connectivity index (χ1n) is 4.29. The van der Waals surface area contributed by atoms with Gasteiger partial charge in [0.25, 0.3) is 0 Å². The zero-order chi connectivity index (χ0) is 9.84. The van der Waals surface area contributed by atoms with Crippen LogP contribution < -0.4 is 4.90 Å². The molecule has 0 amide bonds. The molecule has 3 heteroatoms. The van der Waals surface area contributed by atoms with E-state index >= 15 is 0 Å². The molecule has 1 rings (SSSR count). The van der Waals surface area contributed by atoms with Crippen LogP contribution in [0.5, 0.6) is 0 Å². The van der Waals surface area contributed by atoms with Crippen LogP contribution in [0, 0.1) is 0 Å². The fraction of sp³-hybridized carbons (Fsp3) is 0.400. The number of aliphatic hydroxyl groups is 1. The maximum absolute atomic E-state index is 8.88. The number of aliphatic hydroxyl groups excluding tert-OH is 1. The molecule has 0 saturated heterocycles. The molecule has 0 aliphatic heterocycles. The second kappa shape index (κ2) is 4.49. The highest BCUT2D eigenvalue weighted by atomic mass is 35.5. The van der Waals surface area contributed by atoms with Gasteiger partial charge in [0, 0.05) is 13.6 Å². The third kappa shape index (κ3) is 2.36. The van der Waals surface area contributed by atoms with Gasteiger partial charge in [-0.05, 0) is 24.6 Å². The normalized spacial score (nSPS) is 10.2. The van der Waals surface area contributed by atoms with Crippen molar-refractivity contribution in [2.75, 3.05) is 18.5 Å². The molecule has 1 aromatic carbocycles. The molecule has 2 nitrogen and oxygen atoms in total. The first-order valence-corrected chi connectivity index (χ1v) is 4.67. The molecule has 0 fully saturated rings. The Labute approximate surface area is 83.7 Å². The van der Waals surface area contributed by atoms with E-state index in [9.17, 15) is 0 Å². The molecular weight excluding hydrogens is 186 g/mol. The molecule has 0 heterocycles. The predicted molar refractivity (Wildman–Crippen MR) is 56.3 cm³/mol. The van der Waals surface area contributed by atoms with Gasteiger partial charge < -0.3 is 10.0 Å². The first kappa shape index (κ1) is 10.4. The smallest absolute Gasteiger partial charge is 0.0682 e. The van der Waals surface area contributed by atoms with Crippen LogP contribution in [-0.4, -0.2) is 18.7 Å². The lowest BCUT2D eigenvalue weighted by Crippen LogP contribution is -2.16. The largest absolute Gasteiger partial charge is 0.392 e. The third-order valence-electron chi connectivity index (χ3n) is 2.08. The number of hydrogen-bond donors (Lipinski definition) is 1. The fourth-order valence-corrected chi connectivity index (χ4v) is 1.48. The zero-order valence-electron chi connectivity index (χ0n) is 7.92. The molecule has 0 atom stereocenters. The summed E-state index contributed by atoms with van der Waals surface area (Å²) in [4.78, 5) is 2.06. The SMILES string of the molecule is CCN(C)c1ccc(CO)cc1Cl. The van der Waals surface area contributed by atoms with Crippen LogP contribution in [0.3, 0.4) is 0 Å². The van der Waals surface area contributed by atoms with Gasteiger partial charge in [-0.3, -0.25) is 0 Å². The second-order valence-electron chi connectivity index (χ2n) is 2.96. The summed E-state index contributed by atoms with van der Waals surface area (Å²) in [6, 6.07) is 5.60. The van der Waals surface area contributed by atoms with Crippen LogP contribution in [-0.2, 0) is 6.61 Å². The number of anilines is 1. The van der Waals surface area contributed by atoms with Crippen LogP contribution in [0.1, 0.15) is 12.5 Å². The number of benzene rings is 1. The minimum absolute atomic E-state index is 0.0375. The quantitative estimate of drug-likeness (QED) is 0.808. The highest BCUT2D eigenvalue weighted by Gasteiger charge is 2.04. The Morgan fingerprint density at radius 2 is 2.15 bits per heavy atom. The summed E-state index contributed by atoms with van der Waals surface area (Å²) in [5.74, 6) is 0. The van der Waals surface area contributed by atoms with Gasteiger partial charge >= 0.3 is 0 Å². The summed E-state index contributed by atoms with van der Waals surface area (Å²) in [5, 5.41) is 9.57. The van der Waals surface area contributed by atoms with Crippen LogP contribution >= 0.6 is 11.6 Å². The lowest BCUT2D eigenvalue weighted by atomic mass is 10.2. The van der Waals surface area contributed by atoms with E-state index < -0.39 is 0 Å². The van der Waals surface area contributed by atoms with E-state index in [2.05, 4.69) is 11.8 Å². The van der Waals surface area contributed by atoms with Crippen LogP contribution in [0.25, 0.3) is 0 Å². The number of hydrogen-bond acceptors (Lipinski definition) is 2. The van der Waals surface area contributed by atoms with Gasteiger partial charge in [-0.25, -0.2) is 0 Å². The fourth-order valence-electron chi connectivity index (χ4n) is 1.13. The Morgan fingerprint density at radius 3 is 2.62 bits per heavy atom. The molecule has 0 saturated carbocycles. The van der Waals surface area contributed by atoms with Crippen molar-refractivity contribution >= 4 is 17.3 Å². The molecule has 0 aliphatic carbocycles. The summed E-state index contributed by atoms with van der Waals surface area (Å²) in [6.45, 7) is 3.02. The van der Waals surface area contributed by atoms with Gasteiger partial charge in [-0.2, -0.15) is 0 Å². The van der Waals surface area contributed by atoms with Gasteiger partial charge in [0.15, 0.2) is 0 Å². The van der Waals surface area contributed by atoms with Crippen LogP contribution in [0.2, 0.25) is 5.02 Å². The standard InChI is InChI=1S/C10H14ClNO/c1-3-12(2)10-5-4-8(7-13)6-9(10)11/h4-6,13H,3,7H2,1-2H3. The van der Waals surface area contributed by atoms with Gasteiger partial charge in [0.05, 0.1) is 17.3 Å². The highest BCUT2D eigenvalue weighted by molar-refractivity contribution is 6.33. The van der Waals surface area contributed by atoms with Gasteiger partial charge in [0.1, 0.15) is 0 Å². The molecule has 0 aliphatic rings. The average Bonchev–Trinajstić information content (AvgIpc) is 2.16. The topological polar surface area (TPSA) is 23.5 Å². The first-order chi connectivity index (χ1) is 6.19. The van der Waals surface area contributed by atoms with Crippen molar-refractivity contribution < 1.29 is 5.11 Å². The molecule has 0 radical (unpaired) electrons. The molecule has 1 N–H and O–H groups in total. The summed E-state index contributed by atoms with van der Waals surface area (Å²) >= 11 is 6.03. The van der Waals surface area contributed by atoms with E-state index in [4.69, 9.17) is 16.7 Å². The Bertz CT molecular complexity index is 288. The Morgan fingerprint density at radius 1 is 1.46 bits per heavy atom. The number of nitrogens with zero attached hydrogens (tertiary/aromatic N) is 1. The van der Waals surface area contributed by atoms with Crippen molar-refractivity contribution in [2.45, 2.75) is 13.5 Å². The highest BCUT2D eigenvalue weighted by Crippen LogP contribution is 2.25. The Kier molecular flexibility index (Phi) is 3.58. The van der Waals surface area contributed by atoms with Crippen LogP contribution in [0.15, 0.2) is 18.2 Å². The molecule has 13 heavy (non-hydrogen) atoms. The maximum atomic E-state index is 8.88. The van der Waals surface area contributed by atoms with Crippen molar-refractivity contribution in [3.63, 3.8) is 0 Å². The van der Waals surface area contributed by atoms with Crippen molar-refractivity contribution in [3.05, 3.63) is 28.8 Å².